The highest BCUT2D eigenvalue weighted by Gasteiger charge is 2.36. The van der Waals surface area contributed by atoms with Crippen molar-refractivity contribution in [3.63, 3.8) is 0 Å². The molecule has 4 nitrogen and oxygen atoms in total. The van der Waals surface area contributed by atoms with Crippen molar-refractivity contribution in [2.45, 2.75) is 57.4 Å². The molecule has 0 amide bonds. The van der Waals surface area contributed by atoms with E-state index < -0.39 is 5.54 Å². The average Bonchev–Trinajstić information content (AvgIpc) is 2.26. The second-order valence-corrected chi connectivity index (χ2v) is 6.63. The molecule has 5 heteroatoms. The van der Waals surface area contributed by atoms with Crippen LogP contribution in [0, 0.1) is 0 Å². The highest BCUT2D eigenvalue weighted by atomic mass is 32.2. The van der Waals surface area contributed by atoms with Gasteiger partial charge in [-0.25, -0.2) is 0 Å². The summed E-state index contributed by atoms with van der Waals surface area (Å²) >= 11 is 1.78. The number of ether oxygens (including phenoxy) is 1. The van der Waals surface area contributed by atoms with Crippen LogP contribution in [0.3, 0.4) is 0 Å². The molecule has 2 atom stereocenters. The molecule has 0 aliphatic heterocycles. The molecule has 0 bridgehead atoms. The summed E-state index contributed by atoms with van der Waals surface area (Å²) in [5.41, 5.74) is -0.644. The number of thioether (sulfide) groups is 1. The molecule has 0 saturated heterocycles. The smallest absolute Gasteiger partial charge is 0.325 e. The zero-order chi connectivity index (χ0) is 14.2. The minimum absolute atomic E-state index is 0.217. The molecule has 2 N–H and O–H groups in total. The predicted molar refractivity (Wildman–Crippen MR) is 76.9 cm³/mol. The van der Waals surface area contributed by atoms with Gasteiger partial charge in [0.1, 0.15) is 5.54 Å². The fraction of sp³-hybridized carbons (Fsp3) is 0.923. The summed E-state index contributed by atoms with van der Waals surface area (Å²) < 4.78 is 4.89. The van der Waals surface area contributed by atoms with Crippen molar-refractivity contribution in [2.75, 3.05) is 19.5 Å². The first-order chi connectivity index (χ1) is 8.35. The highest BCUT2D eigenvalue weighted by Crippen LogP contribution is 2.24. The largest absolute Gasteiger partial charge is 0.468 e. The van der Waals surface area contributed by atoms with Gasteiger partial charge in [-0.1, -0.05) is 6.92 Å². The molecule has 0 aromatic carbocycles. The van der Waals surface area contributed by atoms with Crippen molar-refractivity contribution in [1.29, 1.82) is 0 Å². The highest BCUT2D eigenvalue weighted by molar-refractivity contribution is 7.99. The minimum Gasteiger partial charge on any atom is -0.468 e. The van der Waals surface area contributed by atoms with Crippen LogP contribution in [0.4, 0.5) is 0 Å². The lowest BCUT2D eigenvalue weighted by Crippen LogP contribution is -2.54. The molecule has 0 heterocycles. The summed E-state index contributed by atoms with van der Waals surface area (Å²) in [4.78, 5) is 11.9. The third-order valence-electron chi connectivity index (χ3n) is 2.64. The predicted octanol–water partition coefficient (Wildman–Crippen LogP) is 1.81. The Hall–Kier alpha value is -0.260. The van der Waals surface area contributed by atoms with Crippen molar-refractivity contribution in [3.05, 3.63) is 0 Å². The van der Waals surface area contributed by atoms with Crippen molar-refractivity contribution in [2.24, 2.45) is 0 Å². The lowest BCUT2D eigenvalue weighted by Gasteiger charge is -2.32. The van der Waals surface area contributed by atoms with Gasteiger partial charge in [0.15, 0.2) is 0 Å². The fourth-order valence-electron chi connectivity index (χ4n) is 2.05. The van der Waals surface area contributed by atoms with Crippen molar-refractivity contribution >= 4 is 17.7 Å². The number of hydrogen-bond acceptors (Lipinski definition) is 5. The Balaban J connectivity index is 4.44. The maximum atomic E-state index is 11.9. The Morgan fingerprint density at radius 2 is 2.06 bits per heavy atom. The number of nitrogens with one attached hydrogen (secondary N) is 1. The van der Waals surface area contributed by atoms with Crippen LogP contribution in [0.5, 0.6) is 0 Å². The van der Waals surface area contributed by atoms with Crippen molar-refractivity contribution in [3.8, 4) is 0 Å². The molecule has 0 fully saturated rings. The molecular formula is C13H27NO3S. The van der Waals surface area contributed by atoms with Crippen LogP contribution in [0.1, 0.15) is 40.5 Å². The van der Waals surface area contributed by atoms with Gasteiger partial charge in [-0.15, -0.1) is 0 Å². The first-order valence-electron chi connectivity index (χ1n) is 6.44. The standard InChI is InChI=1S/C13H27NO3S/c1-10(2)14-13(4,12(16)17-5)9-11(3)18-8-6-7-15/h10-11,14-15H,6-9H2,1-5H3. The first-order valence-corrected chi connectivity index (χ1v) is 7.49. The van der Waals surface area contributed by atoms with E-state index in [1.165, 1.54) is 7.11 Å². The molecule has 2 unspecified atom stereocenters. The van der Waals surface area contributed by atoms with Gasteiger partial charge < -0.3 is 9.84 Å². The molecule has 0 rings (SSSR count). The lowest BCUT2D eigenvalue weighted by molar-refractivity contribution is -0.148. The Morgan fingerprint density at radius 3 is 2.50 bits per heavy atom. The van der Waals surface area contributed by atoms with Crippen LogP contribution in [-0.2, 0) is 9.53 Å². The van der Waals surface area contributed by atoms with Gasteiger partial charge in [-0.2, -0.15) is 11.8 Å². The normalized spacial score (nSPS) is 16.4. The number of rotatable bonds is 9. The van der Waals surface area contributed by atoms with Crippen LogP contribution in [-0.4, -0.2) is 47.4 Å². The van der Waals surface area contributed by atoms with Crippen molar-refractivity contribution < 1.29 is 14.6 Å². The number of esters is 1. The Kier molecular flexibility index (Phi) is 8.65. The molecule has 18 heavy (non-hydrogen) atoms. The number of carbonyl (C=O) groups excluding carboxylic acids is 1. The maximum Gasteiger partial charge on any atom is 0.325 e. The van der Waals surface area contributed by atoms with Gasteiger partial charge in [0.05, 0.1) is 7.11 Å². The van der Waals surface area contributed by atoms with Crippen LogP contribution in [0.15, 0.2) is 0 Å². The van der Waals surface area contributed by atoms with E-state index in [9.17, 15) is 4.79 Å². The molecular weight excluding hydrogens is 250 g/mol. The summed E-state index contributed by atoms with van der Waals surface area (Å²) in [6.07, 6.45) is 1.51. The average molecular weight is 277 g/mol. The Morgan fingerprint density at radius 1 is 1.44 bits per heavy atom. The van der Waals surface area contributed by atoms with E-state index in [-0.39, 0.29) is 18.6 Å². The summed E-state index contributed by atoms with van der Waals surface area (Å²) in [6, 6.07) is 0.226. The molecule has 0 spiro atoms. The number of carbonyl (C=O) groups is 1. The van der Waals surface area contributed by atoms with Crippen LogP contribution in [0.25, 0.3) is 0 Å². The van der Waals surface area contributed by atoms with Gasteiger partial charge >= 0.3 is 5.97 Å². The monoisotopic (exact) mass is 277 g/mol. The van der Waals surface area contributed by atoms with Gasteiger partial charge in [0.25, 0.3) is 0 Å². The summed E-state index contributed by atoms with van der Waals surface area (Å²) in [6.45, 7) is 8.25. The van der Waals surface area contributed by atoms with E-state index in [4.69, 9.17) is 9.84 Å². The first kappa shape index (κ1) is 17.7. The summed E-state index contributed by atoms with van der Waals surface area (Å²) in [7, 11) is 1.42. The third-order valence-corrected chi connectivity index (χ3v) is 3.90. The second-order valence-electron chi connectivity index (χ2n) is 5.09. The van der Waals surface area contributed by atoms with E-state index in [0.717, 1.165) is 12.2 Å². The van der Waals surface area contributed by atoms with Crippen LogP contribution < -0.4 is 5.32 Å². The zero-order valence-electron chi connectivity index (χ0n) is 12.2. The number of aliphatic hydroxyl groups is 1. The van der Waals surface area contributed by atoms with Gasteiger partial charge in [-0.05, 0) is 39.4 Å². The number of aliphatic hydroxyl groups excluding tert-OH is 1. The molecule has 0 saturated carbocycles. The number of hydrogen-bond donors (Lipinski definition) is 2. The van der Waals surface area contributed by atoms with Gasteiger partial charge in [0.2, 0.25) is 0 Å². The van der Waals surface area contributed by atoms with Crippen LogP contribution in [0.2, 0.25) is 0 Å². The molecule has 0 aliphatic carbocycles. The quantitative estimate of drug-likeness (QED) is 0.497. The third kappa shape index (κ3) is 6.61. The molecule has 0 aliphatic rings. The zero-order valence-corrected chi connectivity index (χ0v) is 13.0. The number of methoxy groups -OCH3 is 1. The van der Waals surface area contributed by atoms with Gasteiger partial charge in [-0.3, -0.25) is 10.1 Å². The lowest BCUT2D eigenvalue weighted by atomic mass is 9.95. The maximum absolute atomic E-state index is 11.9. The van der Waals surface area contributed by atoms with E-state index >= 15 is 0 Å². The molecule has 108 valence electrons. The minimum atomic E-state index is -0.644. The fourth-order valence-corrected chi connectivity index (χ4v) is 3.20. The molecule has 0 radical (unpaired) electrons. The molecule has 0 aromatic heterocycles. The molecule has 0 aromatic rings. The van der Waals surface area contributed by atoms with E-state index in [1.807, 2.05) is 20.8 Å². The Bertz CT molecular complexity index is 248. The topological polar surface area (TPSA) is 58.6 Å². The summed E-state index contributed by atoms with van der Waals surface area (Å²) in [5.74, 6) is 0.696. The van der Waals surface area contributed by atoms with Gasteiger partial charge in [0, 0.05) is 17.9 Å². The summed E-state index contributed by atoms with van der Waals surface area (Å²) in [5, 5.41) is 12.4. The second kappa shape index (κ2) is 8.77. The SMILES string of the molecule is COC(=O)C(C)(CC(C)SCCCO)NC(C)C. The van der Waals surface area contributed by atoms with E-state index in [1.54, 1.807) is 11.8 Å². The van der Waals surface area contributed by atoms with E-state index in [2.05, 4.69) is 12.2 Å². The Labute approximate surface area is 115 Å². The van der Waals surface area contributed by atoms with Crippen LogP contribution >= 0.6 is 11.8 Å². The van der Waals surface area contributed by atoms with Crippen molar-refractivity contribution in [1.82, 2.24) is 5.32 Å². The van der Waals surface area contributed by atoms with E-state index in [0.29, 0.717) is 11.7 Å².